The van der Waals surface area contributed by atoms with Crippen LogP contribution in [0.3, 0.4) is 0 Å². The van der Waals surface area contributed by atoms with E-state index in [-0.39, 0.29) is 6.42 Å². The van der Waals surface area contributed by atoms with Crippen LogP contribution >= 0.6 is 0 Å². The van der Waals surface area contributed by atoms with Crippen molar-refractivity contribution in [3.8, 4) is 0 Å². The predicted octanol–water partition coefficient (Wildman–Crippen LogP) is -1.43. The summed E-state index contributed by atoms with van der Waals surface area (Å²) in [6.45, 7) is -0.569. The normalized spacial score (nSPS) is 32.7. The Hall–Kier alpha value is -1.51. The molecule has 1 aromatic carbocycles. The Labute approximate surface area is 121 Å². The summed E-state index contributed by atoms with van der Waals surface area (Å²) >= 11 is 0. The summed E-state index contributed by atoms with van der Waals surface area (Å²) < 4.78 is 9.88. The van der Waals surface area contributed by atoms with Crippen molar-refractivity contribution in [2.24, 2.45) is 0 Å². The molecule has 0 unspecified atom stereocenters. The number of aliphatic hydroxyl groups is 4. The van der Waals surface area contributed by atoms with E-state index in [0.717, 1.165) is 5.56 Å². The molecular formula is C14H18O7. The third-order valence-electron chi connectivity index (χ3n) is 3.30. The van der Waals surface area contributed by atoms with Gasteiger partial charge in [0.05, 0.1) is 13.0 Å². The zero-order valence-electron chi connectivity index (χ0n) is 11.2. The predicted molar refractivity (Wildman–Crippen MR) is 70.0 cm³/mol. The fourth-order valence-corrected chi connectivity index (χ4v) is 2.15. The smallest absolute Gasteiger partial charge is 0.310 e. The van der Waals surface area contributed by atoms with Gasteiger partial charge in [0.1, 0.15) is 18.3 Å². The van der Waals surface area contributed by atoms with Gasteiger partial charge in [-0.1, -0.05) is 30.3 Å². The van der Waals surface area contributed by atoms with Gasteiger partial charge in [-0.25, -0.2) is 0 Å². The third kappa shape index (κ3) is 3.78. The van der Waals surface area contributed by atoms with Gasteiger partial charge in [-0.15, -0.1) is 0 Å². The van der Waals surface area contributed by atoms with Crippen molar-refractivity contribution in [3.63, 3.8) is 0 Å². The first-order valence-electron chi connectivity index (χ1n) is 6.57. The van der Waals surface area contributed by atoms with Crippen LogP contribution in [0.2, 0.25) is 0 Å². The first-order valence-corrected chi connectivity index (χ1v) is 6.57. The second-order valence-electron chi connectivity index (χ2n) is 4.85. The monoisotopic (exact) mass is 298 g/mol. The summed E-state index contributed by atoms with van der Waals surface area (Å²) in [5.41, 5.74) is 0.719. The van der Waals surface area contributed by atoms with Crippen LogP contribution in [0.25, 0.3) is 0 Å². The Morgan fingerprint density at radius 1 is 1.14 bits per heavy atom. The van der Waals surface area contributed by atoms with Crippen molar-refractivity contribution >= 4 is 5.97 Å². The summed E-state index contributed by atoms with van der Waals surface area (Å²) in [6.07, 6.45) is -7.16. The van der Waals surface area contributed by atoms with Gasteiger partial charge in [0.2, 0.25) is 0 Å². The van der Waals surface area contributed by atoms with Gasteiger partial charge in [0.15, 0.2) is 12.4 Å². The molecule has 0 spiro atoms. The number of carbonyl (C=O) groups is 1. The van der Waals surface area contributed by atoms with Crippen LogP contribution < -0.4 is 0 Å². The SMILES string of the molecule is O=C(Cc1ccccc1)O[C@H]1[C@H](O)[C@@H](O)[C@H](CO)O[C@@H]1O. The van der Waals surface area contributed by atoms with Crippen LogP contribution in [-0.2, 0) is 20.7 Å². The number of carbonyl (C=O) groups excluding carboxylic acids is 1. The van der Waals surface area contributed by atoms with Crippen molar-refractivity contribution in [2.75, 3.05) is 6.61 Å². The molecule has 1 aliphatic heterocycles. The number of rotatable bonds is 4. The van der Waals surface area contributed by atoms with E-state index in [2.05, 4.69) is 0 Å². The maximum Gasteiger partial charge on any atom is 0.310 e. The number of esters is 1. The molecule has 1 heterocycles. The Kier molecular flexibility index (Phi) is 5.27. The zero-order chi connectivity index (χ0) is 15.4. The van der Waals surface area contributed by atoms with Gasteiger partial charge >= 0.3 is 5.97 Å². The van der Waals surface area contributed by atoms with Crippen molar-refractivity contribution < 1.29 is 34.7 Å². The molecule has 2 rings (SSSR count). The van der Waals surface area contributed by atoms with Crippen LogP contribution in [0.5, 0.6) is 0 Å². The second-order valence-corrected chi connectivity index (χ2v) is 4.85. The van der Waals surface area contributed by atoms with Crippen molar-refractivity contribution in [2.45, 2.75) is 37.1 Å². The molecule has 5 atom stereocenters. The number of ether oxygens (including phenoxy) is 2. The van der Waals surface area contributed by atoms with Gasteiger partial charge in [-0.05, 0) is 5.56 Å². The molecule has 7 heteroatoms. The highest BCUT2D eigenvalue weighted by Crippen LogP contribution is 2.22. The van der Waals surface area contributed by atoms with Crippen LogP contribution in [0, 0.1) is 0 Å². The molecule has 0 bridgehead atoms. The lowest BCUT2D eigenvalue weighted by atomic mass is 9.99. The Balaban J connectivity index is 1.96. The van der Waals surface area contributed by atoms with Crippen molar-refractivity contribution in [1.29, 1.82) is 0 Å². The van der Waals surface area contributed by atoms with Gasteiger partial charge in [-0.3, -0.25) is 4.79 Å². The second kappa shape index (κ2) is 6.97. The molecular weight excluding hydrogens is 280 g/mol. The van der Waals surface area contributed by atoms with Gasteiger partial charge in [-0.2, -0.15) is 0 Å². The molecule has 0 aromatic heterocycles. The molecule has 1 aliphatic rings. The molecule has 0 aliphatic carbocycles. The van der Waals surface area contributed by atoms with E-state index in [9.17, 15) is 20.1 Å². The van der Waals surface area contributed by atoms with Crippen LogP contribution in [-0.4, -0.2) is 63.7 Å². The first-order chi connectivity index (χ1) is 10.0. The number of hydrogen-bond donors (Lipinski definition) is 4. The lowest BCUT2D eigenvalue weighted by Crippen LogP contribution is -2.59. The average molecular weight is 298 g/mol. The molecule has 1 fully saturated rings. The Bertz CT molecular complexity index is 464. The van der Waals surface area contributed by atoms with E-state index in [4.69, 9.17) is 14.6 Å². The fourth-order valence-electron chi connectivity index (χ4n) is 2.15. The summed E-state index contributed by atoms with van der Waals surface area (Å²) in [6, 6.07) is 8.82. The molecule has 0 saturated carbocycles. The summed E-state index contributed by atoms with van der Waals surface area (Å²) in [4.78, 5) is 11.8. The zero-order valence-corrected chi connectivity index (χ0v) is 11.2. The molecule has 1 saturated heterocycles. The largest absolute Gasteiger partial charge is 0.454 e. The number of benzene rings is 1. The van der Waals surface area contributed by atoms with Crippen molar-refractivity contribution in [3.05, 3.63) is 35.9 Å². The van der Waals surface area contributed by atoms with E-state index in [0.29, 0.717) is 0 Å². The maximum atomic E-state index is 11.8. The topological polar surface area (TPSA) is 116 Å². The van der Waals surface area contributed by atoms with E-state index in [1.807, 2.05) is 6.07 Å². The molecule has 7 nitrogen and oxygen atoms in total. The minimum atomic E-state index is -1.61. The summed E-state index contributed by atoms with van der Waals surface area (Å²) in [7, 11) is 0. The highest BCUT2D eigenvalue weighted by Gasteiger charge is 2.45. The summed E-state index contributed by atoms with van der Waals surface area (Å²) in [5.74, 6) is -0.664. The molecule has 0 radical (unpaired) electrons. The lowest BCUT2D eigenvalue weighted by molar-refractivity contribution is -0.290. The van der Waals surface area contributed by atoms with E-state index >= 15 is 0 Å². The minimum Gasteiger partial charge on any atom is -0.454 e. The van der Waals surface area contributed by atoms with Crippen LogP contribution in [0.15, 0.2) is 30.3 Å². The summed E-state index contributed by atoms with van der Waals surface area (Å²) in [5, 5.41) is 38.2. The van der Waals surface area contributed by atoms with Crippen LogP contribution in [0.4, 0.5) is 0 Å². The number of hydrogen-bond acceptors (Lipinski definition) is 7. The maximum absolute atomic E-state index is 11.8. The minimum absolute atomic E-state index is 0.0314. The average Bonchev–Trinajstić information content (AvgIpc) is 2.48. The molecule has 1 aromatic rings. The Morgan fingerprint density at radius 2 is 1.81 bits per heavy atom. The fraction of sp³-hybridized carbons (Fsp3) is 0.500. The first kappa shape index (κ1) is 15.9. The van der Waals surface area contributed by atoms with Gasteiger partial charge in [0.25, 0.3) is 0 Å². The lowest BCUT2D eigenvalue weighted by Gasteiger charge is -2.39. The van der Waals surface area contributed by atoms with E-state index in [1.54, 1.807) is 24.3 Å². The molecule has 0 amide bonds. The Morgan fingerprint density at radius 3 is 2.43 bits per heavy atom. The highest BCUT2D eigenvalue weighted by atomic mass is 16.7. The third-order valence-corrected chi connectivity index (χ3v) is 3.30. The van der Waals surface area contributed by atoms with Crippen LogP contribution in [0.1, 0.15) is 5.56 Å². The highest BCUT2D eigenvalue weighted by molar-refractivity contribution is 5.72. The van der Waals surface area contributed by atoms with Crippen molar-refractivity contribution in [1.82, 2.24) is 0 Å². The molecule has 21 heavy (non-hydrogen) atoms. The van der Waals surface area contributed by atoms with E-state index < -0.39 is 43.3 Å². The standard InChI is InChI=1S/C14H18O7/c15-7-9-11(17)12(18)13(14(19)20-9)21-10(16)6-8-4-2-1-3-5-8/h1-5,9,11-15,17-19H,6-7H2/t9-,11-,12+,13-,14-/m0/s1. The molecule has 4 N–H and O–H groups in total. The van der Waals surface area contributed by atoms with Gasteiger partial charge in [0, 0.05) is 0 Å². The molecule has 116 valence electrons. The number of aliphatic hydroxyl groups excluding tert-OH is 4. The quantitative estimate of drug-likeness (QED) is 0.504. The van der Waals surface area contributed by atoms with Gasteiger partial charge < -0.3 is 29.9 Å². The van der Waals surface area contributed by atoms with E-state index in [1.165, 1.54) is 0 Å².